The number of benzene rings is 1. The monoisotopic (exact) mass is 290 g/mol. The zero-order valence-electron chi connectivity index (χ0n) is 13.9. The molecule has 1 saturated heterocycles. The van der Waals surface area contributed by atoms with Crippen LogP contribution in [-0.2, 0) is 0 Å². The maximum absolute atomic E-state index is 5.94. The van der Waals surface area contributed by atoms with Crippen LogP contribution >= 0.6 is 0 Å². The lowest BCUT2D eigenvalue weighted by Gasteiger charge is -2.38. The molecule has 2 rings (SSSR count). The van der Waals surface area contributed by atoms with Crippen LogP contribution in [0.2, 0.25) is 0 Å². The Hall–Kier alpha value is -1.22. The molecular formula is C18H30N2O. The first-order chi connectivity index (χ1) is 10.1. The molecule has 0 saturated carbocycles. The van der Waals surface area contributed by atoms with Crippen LogP contribution in [0.25, 0.3) is 0 Å². The maximum atomic E-state index is 5.94. The standard InChI is InChI=1S/C18H30N2O/c1-5-15(4)21-17-9-7-8-16(12-17)20-11-10-18(19-6-2)14(3)13-20/h7-9,12,14-15,18-19H,5-6,10-11,13H2,1-4H3. The highest BCUT2D eigenvalue weighted by atomic mass is 16.5. The SMILES string of the molecule is CCNC1CCN(c2cccc(OC(C)CC)c2)CC1C. The summed E-state index contributed by atoms with van der Waals surface area (Å²) in [5.41, 5.74) is 1.29. The van der Waals surface area contributed by atoms with Crippen molar-refractivity contribution in [2.75, 3.05) is 24.5 Å². The van der Waals surface area contributed by atoms with Gasteiger partial charge in [-0.25, -0.2) is 0 Å². The first kappa shape index (κ1) is 16.2. The van der Waals surface area contributed by atoms with Gasteiger partial charge in [0.1, 0.15) is 5.75 Å². The number of ether oxygens (including phenoxy) is 1. The maximum Gasteiger partial charge on any atom is 0.121 e. The van der Waals surface area contributed by atoms with Gasteiger partial charge in [-0.1, -0.05) is 26.8 Å². The summed E-state index contributed by atoms with van der Waals surface area (Å²) in [6.07, 6.45) is 2.53. The number of hydrogen-bond donors (Lipinski definition) is 1. The number of piperidine rings is 1. The van der Waals surface area contributed by atoms with Crippen LogP contribution in [0, 0.1) is 5.92 Å². The Morgan fingerprint density at radius 3 is 2.86 bits per heavy atom. The Labute approximate surface area is 129 Å². The van der Waals surface area contributed by atoms with Gasteiger partial charge in [-0.05, 0) is 44.4 Å². The molecule has 3 nitrogen and oxygen atoms in total. The number of rotatable bonds is 6. The molecule has 1 aliphatic rings. The van der Waals surface area contributed by atoms with E-state index >= 15 is 0 Å². The van der Waals surface area contributed by atoms with Crippen molar-refractivity contribution in [1.29, 1.82) is 0 Å². The molecule has 21 heavy (non-hydrogen) atoms. The van der Waals surface area contributed by atoms with Crippen molar-refractivity contribution < 1.29 is 4.74 Å². The smallest absolute Gasteiger partial charge is 0.121 e. The largest absolute Gasteiger partial charge is 0.491 e. The number of hydrogen-bond acceptors (Lipinski definition) is 3. The van der Waals surface area contributed by atoms with Gasteiger partial charge in [0, 0.05) is 30.9 Å². The van der Waals surface area contributed by atoms with Crippen LogP contribution in [0.5, 0.6) is 5.75 Å². The van der Waals surface area contributed by atoms with Crippen molar-refractivity contribution in [3.05, 3.63) is 24.3 Å². The molecular weight excluding hydrogens is 260 g/mol. The second-order valence-electron chi connectivity index (χ2n) is 6.21. The van der Waals surface area contributed by atoms with Crippen molar-refractivity contribution in [1.82, 2.24) is 5.32 Å². The Morgan fingerprint density at radius 2 is 2.19 bits per heavy atom. The van der Waals surface area contributed by atoms with Crippen LogP contribution in [0.4, 0.5) is 5.69 Å². The lowest BCUT2D eigenvalue weighted by molar-refractivity contribution is 0.217. The fourth-order valence-electron chi connectivity index (χ4n) is 3.01. The molecule has 0 bridgehead atoms. The van der Waals surface area contributed by atoms with Gasteiger partial charge >= 0.3 is 0 Å². The predicted molar refractivity (Wildman–Crippen MR) is 90.3 cm³/mol. The van der Waals surface area contributed by atoms with E-state index in [0.29, 0.717) is 12.0 Å². The zero-order chi connectivity index (χ0) is 15.2. The van der Waals surface area contributed by atoms with Gasteiger partial charge in [-0.3, -0.25) is 0 Å². The normalized spacial score (nSPS) is 23.9. The van der Waals surface area contributed by atoms with Gasteiger partial charge < -0.3 is 15.0 Å². The quantitative estimate of drug-likeness (QED) is 0.865. The third-order valence-corrected chi connectivity index (χ3v) is 4.47. The highest BCUT2D eigenvalue weighted by Gasteiger charge is 2.25. The summed E-state index contributed by atoms with van der Waals surface area (Å²) >= 11 is 0. The first-order valence-corrected chi connectivity index (χ1v) is 8.39. The first-order valence-electron chi connectivity index (χ1n) is 8.39. The third-order valence-electron chi connectivity index (χ3n) is 4.47. The van der Waals surface area contributed by atoms with E-state index in [2.05, 4.69) is 62.2 Å². The van der Waals surface area contributed by atoms with Gasteiger partial charge in [0.15, 0.2) is 0 Å². The van der Waals surface area contributed by atoms with Crippen LogP contribution in [0.3, 0.4) is 0 Å². The summed E-state index contributed by atoms with van der Waals surface area (Å²) in [6, 6.07) is 9.21. The van der Waals surface area contributed by atoms with E-state index in [9.17, 15) is 0 Å². The molecule has 1 aliphatic heterocycles. The van der Waals surface area contributed by atoms with Crippen LogP contribution in [0.15, 0.2) is 24.3 Å². The molecule has 1 N–H and O–H groups in total. The van der Waals surface area contributed by atoms with E-state index < -0.39 is 0 Å². The Bertz CT molecular complexity index is 435. The summed E-state index contributed by atoms with van der Waals surface area (Å²) in [5, 5.41) is 3.60. The van der Waals surface area contributed by atoms with E-state index in [1.807, 2.05) is 0 Å². The highest BCUT2D eigenvalue weighted by molar-refractivity contribution is 5.51. The van der Waals surface area contributed by atoms with Gasteiger partial charge in [-0.2, -0.15) is 0 Å². The third kappa shape index (κ3) is 4.37. The van der Waals surface area contributed by atoms with E-state index in [1.54, 1.807) is 0 Å². The van der Waals surface area contributed by atoms with E-state index in [1.165, 1.54) is 12.1 Å². The molecule has 118 valence electrons. The van der Waals surface area contributed by atoms with E-state index in [0.717, 1.165) is 31.8 Å². The lowest BCUT2D eigenvalue weighted by atomic mass is 9.93. The predicted octanol–water partition coefficient (Wildman–Crippen LogP) is 3.69. The molecule has 1 heterocycles. The second-order valence-corrected chi connectivity index (χ2v) is 6.21. The average molecular weight is 290 g/mol. The minimum absolute atomic E-state index is 0.277. The number of nitrogens with zero attached hydrogens (tertiary/aromatic N) is 1. The molecule has 0 radical (unpaired) electrons. The van der Waals surface area contributed by atoms with Gasteiger partial charge in [0.25, 0.3) is 0 Å². The Balaban J connectivity index is 2.00. The Kier molecular flexibility index (Phi) is 5.92. The molecule has 0 amide bonds. The van der Waals surface area contributed by atoms with Crippen molar-refractivity contribution in [3.8, 4) is 5.75 Å². The topological polar surface area (TPSA) is 24.5 Å². The molecule has 0 aromatic heterocycles. The number of anilines is 1. The molecule has 3 unspecified atom stereocenters. The zero-order valence-corrected chi connectivity index (χ0v) is 13.9. The average Bonchev–Trinajstić information content (AvgIpc) is 2.49. The van der Waals surface area contributed by atoms with Crippen molar-refractivity contribution >= 4 is 5.69 Å². The molecule has 1 aromatic rings. The van der Waals surface area contributed by atoms with Gasteiger partial charge in [0.05, 0.1) is 6.10 Å². The fraction of sp³-hybridized carbons (Fsp3) is 0.667. The minimum atomic E-state index is 0.277. The van der Waals surface area contributed by atoms with Crippen LogP contribution in [0.1, 0.15) is 40.5 Å². The van der Waals surface area contributed by atoms with E-state index in [4.69, 9.17) is 4.74 Å². The summed E-state index contributed by atoms with van der Waals surface area (Å²) in [4.78, 5) is 2.49. The number of nitrogens with one attached hydrogen (secondary N) is 1. The lowest BCUT2D eigenvalue weighted by Crippen LogP contribution is -2.48. The molecule has 1 aromatic carbocycles. The highest BCUT2D eigenvalue weighted by Crippen LogP contribution is 2.27. The molecule has 3 atom stereocenters. The summed E-state index contributed by atoms with van der Waals surface area (Å²) in [5.74, 6) is 1.67. The molecule has 0 spiro atoms. The Morgan fingerprint density at radius 1 is 1.38 bits per heavy atom. The van der Waals surface area contributed by atoms with Crippen molar-refractivity contribution in [2.24, 2.45) is 5.92 Å². The second kappa shape index (κ2) is 7.69. The van der Waals surface area contributed by atoms with Crippen molar-refractivity contribution in [2.45, 2.75) is 52.7 Å². The fourth-order valence-corrected chi connectivity index (χ4v) is 3.01. The summed E-state index contributed by atoms with van der Waals surface area (Å²) < 4.78 is 5.94. The van der Waals surface area contributed by atoms with Crippen LogP contribution < -0.4 is 15.0 Å². The van der Waals surface area contributed by atoms with Gasteiger partial charge in [0.2, 0.25) is 0 Å². The van der Waals surface area contributed by atoms with E-state index in [-0.39, 0.29) is 6.10 Å². The molecule has 1 fully saturated rings. The summed E-state index contributed by atoms with van der Waals surface area (Å²) in [7, 11) is 0. The molecule has 0 aliphatic carbocycles. The van der Waals surface area contributed by atoms with Crippen LogP contribution in [-0.4, -0.2) is 31.8 Å². The van der Waals surface area contributed by atoms with Gasteiger partial charge in [-0.15, -0.1) is 0 Å². The molecule has 3 heteroatoms. The minimum Gasteiger partial charge on any atom is -0.491 e. The van der Waals surface area contributed by atoms with Crippen molar-refractivity contribution in [3.63, 3.8) is 0 Å². The summed E-state index contributed by atoms with van der Waals surface area (Å²) in [6.45, 7) is 12.1.